The van der Waals surface area contributed by atoms with Gasteiger partial charge in [-0.05, 0) is 68.1 Å². The van der Waals surface area contributed by atoms with Crippen molar-refractivity contribution in [1.82, 2.24) is 4.90 Å². The zero-order valence-corrected chi connectivity index (χ0v) is 17.4. The highest BCUT2D eigenvalue weighted by molar-refractivity contribution is 6.33. The SMILES string of the molecule is CCOc1cc2c(cc1OCC)CN(CC(=O)Nc1ccc(C)cc1Cl)CC2. The van der Waals surface area contributed by atoms with Crippen LogP contribution in [0.1, 0.15) is 30.5 Å². The second kappa shape index (κ2) is 9.30. The van der Waals surface area contributed by atoms with Crippen LogP contribution in [0.15, 0.2) is 30.3 Å². The molecule has 0 saturated carbocycles. The molecule has 3 rings (SSSR count). The van der Waals surface area contributed by atoms with Crippen LogP contribution in [0.5, 0.6) is 11.5 Å². The van der Waals surface area contributed by atoms with E-state index >= 15 is 0 Å². The number of anilines is 1. The van der Waals surface area contributed by atoms with E-state index in [0.717, 1.165) is 30.0 Å². The van der Waals surface area contributed by atoms with Gasteiger partial charge in [-0.1, -0.05) is 17.7 Å². The fourth-order valence-electron chi connectivity index (χ4n) is 3.41. The number of carbonyl (C=O) groups is 1. The number of fused-ring (bicyclic) bond motifs is 1. The monoisotopic (exact) mass is 402 g/mol. The molecule has 0 aliphatic carbocycles. The molecule has 0 saturated heterocycles. The second-order valence-corrected chi connectivity index (χ2v) is 7.33. The largest absolute Gasteiger partial charge is 0.490 e. The minimum Gasteiger partial charge on any atom is -0.490 e. The quantitative estimate of drug-likeness (QED) is 0.743. The number of carbonyl (C=O) groups excluding carboxylic acids is 1. The van der Waals surface area contributed by atoms with Gasteiger partial charge in [-0.15, -0.1) is 0 Å². The fourth-order valence-corrected chi connectivity index (χ4v) is 3.69. The molecule has 2 aromatic carbocycles. The molecule has 28 heavy (non-hydrogen) atoms. The van der Waals surface area contributed by atoms with Crippen molar-refractivity contribution in [2.75, 3.05) is 31.6 Å². The van der Waals surface area contributed by atoms with Crippen molar-refractivity contribution >= 4 is 23.2 Å². The second-order valence-electron chi connectivity index (χ2n) is 6.93. The smallest absolute Gasteiger partial charge is 0.238 e. The molecule has 0 fully saturated rings. The summed E-state index contributed by atoms with van der Waals surface area (Å²) in [6.45, 7) is 8.93. The average molecular weight is 403 g/mol. The lowest BCUT2D eigenvalue weighted by Gasteiger charge is -2.29. The van der Waals surface area contributed by atoms with E-state index in [1.54, 1.807) is 0 Å². The van der Waals surface area contributed by atoms with Gasteiger partial charge in [-0.3, -0.25) is 9.69 Å². The zero-order chi connectivity index (χ0) is 20.1. The maximum Gasteiger partial charge on any atom is 0.238 e. The molecular formula is C22H27ClN2O3. The minimum absolute atomic E-state index is 0.0647. The summed E-state index contributed by atoms with van der Waals surface area (Å²) in [5, 5.41) is 3.47. The van der Waals surface area contributed by atoms with Crippen LogP contribution in [-0.4, -0.2) is 37.1 Å². The molecule has 1 aliphatic heterocycles. The van der Waals surface area contributed by atoms with E-state index in [9.17, 15) is 4.79 Å². The predicted molar refractivity (Wildman–Crippen MR) is 113 cm³/mol. The normalized spacial score (nSPS) is 13.7. The third-order valence-electron chi connectivity index (χ3n) is 4.72. The van der Waals surface area contributed by atoms with Gasteiger partial charge in [-0.2, -0.15) is 0 Å². The Hall–Kier alpha value is -2.24. The third kappa shape index (κ3) is 4.97. The summed E-state index contributed by atoms with van der Waals surface area (Å²) < 4.78 is 11.5. The highest BCUT2D eigenvalue weighted by atomic mass is 35.5. The number of rotatable bonds is 7. The van der Waals surface area contributed by atoms with Crippen molar-refractivity contribution in [3.05, 3.63) is 52.0 Å². The van der Waals surface area contributed by atoms with Crippen molar-refractivity contribution in [3.63, 3.8) is 0 Å². The molecule has 0 radical (unpaired) electrons. The number of aryl methyl sites for hydroxylation is 1. The first kappa shape index (κ1) is 20.5. The van der Waals surface area contributed by atoms with E-state index in [1.807, 2.05) is 45.0 Å². The van der Waals surface area contributed by atoms with Crippen LogP contribution in [0.3, 0.4) is 0 Å². The van der Waals surface area contributed by atoms with Gasteiger partial charge < -0.3 is 14.8 Å². The van der Waals surface area contributed by atoms with Gasteiger partial charge in [0.25, 0.3) is 0 Å². The molecule has 1 amide bonds. The van der Waals surface area contributed by atoms with Crippen molar-refractivity contribution in [2.45, 2.75) is 33.7 Å². The minimum atomic E-state index is -0.0647. The van der Waals surface area contributed by atoms with E-state index in [0.29, 0.717) is 37.0 Å². The van der Waals surface area contributed by atoms with Crippen LogP contribution in [0.2, 0.25) is 5.02 Å². The van der Waals surface area contributed by atoms with Crippen molar-refractivity contribution in [1.29, 1.82) is 0 Å². The van der Waals surface area contributed by atoms with E-state index in [-0.39, 0.29) is 5.91 Å². The number of benzene rings is 2. The van der Waals surface area contributed by atoms with E-state index < -0.39 is 0 Å². The van der Waals surface area contributed by atoms with Crippen LogP contribution in [0, 0.1) is 6.92 Å². The first-order valence-electron chi connectivity index (χ1n) is 9.69. The van der Waals surface area contributed by atoms with Crippen molar-refractivity contribution < 1.29 is 14.3 Å². The van der Waals surface area contributed by atoms with Crippen molar-refractivity contribution in [3.8, 4) is 11.5 Å². The number of halogens is 1. The fraction of sp³-hybridized carbons (Fsp3) is 0.409. The molecule has 0 atom stereocenters. The molecule has 0 unspecified atom stereocenters. The van der Waals surface area contributed by atoms with Crippen LogP contribution in [-0.2, 0) is 17.8 Å². The van der Waals surface area contributed by atoms with Gasteiger partial charge >= 0.3 is 0 Å². The lowest BCUT2D eigenvalue weighted by molar-refractivity contribution is -0.117. The molecule has 1 aliphatic rings. The first-order chi connectivity index (χ1) is 13.5. The van der Waals surface area contributed by atoms with Crippen LogP contribution < -0.4 is 14.8 Å². The summed E-state index contributed by atoms with van der Waals surface area (Å²) in [7, 11) is 0. The predicted octanol–water partition coefficient (Wildman–Crippen LogP) is 4.44. The van der Waals surface area contributed by atoms with Crippen LogP contribution in [0.25, 0.3) is 0 Å². The summed E-state index contributed by atoms with van der Waals surface area (Å²) in [6.07, 6.45) is 0.875. The molecule has 1 N–H and O–H groups in total. The third-order valence-corrected chi connectivity index (χ3v) is 5.04. The Morgan fingerprint density at radius 2 is 1.79 bits per heavy atom. The summed E-state index contributed by atoms with van der Waals surface area (Å²) in [5.41, 5.74) is 4.14. The zero-order valence-electron chi connectivity index (χ0n) is 16.7. The van der Waals surface area contributed by atoms with Gasteiger partial charge in [0, 0.05) is 13.1 Å². The molecule has 6 heteroatoms. The van der Waals surface area contributed by atoms with Gasteiger partial charge in [0.1, 0.15) is 0 Å². The van der Waals surface area contributed by atoms with Gasteiger partial charge in [0.2, 0.25) is 5.91 Å². The number of nitrogens with zero attached hydrogens (tertiary/aromatic N) is 1. The van der Waals surface area contributed by atoms with Crippen LogP contribution >= 0.6 is 11.6 Å². The Bertz CT molecular complexity index is 854. The van der Waals surface area contributed by atoms with Gasteiger partial charge in [0.05, 0.1) is 30.5 Å². The molecule has 1 heterocycles. The molecule has 0 aromatic heterocycles. The highest BCUT2D eigenvalue weighted by Gasteiger charge is 2.21. The highest BCUT2D eigenvalue weighted by Crippen LogP contribution is 2.34. The van der Waals surface area contributed by atoms with E-state index in [1.165, 1.54) is 11.1 Å². The van der Waals surface area contributed by atoms with E-state index in [2.05, 4.69) is 16.3 Å². The Balaban J connectivity index is 1.67. The van der Waals surface area contributed by atoms with E-state index in [4.69, 9.17) is 21.1 Å². The number of hydrogen-bond acceptors (Lipinski definition) is 4. The molecule has 0 bridgehead atoms. The molecule has 0 spiro atoms. The standard InChI is InChI=1S/C22H27ClN2O3/c1-4-27-20-11-16-8-9-25(13-17(16)12-21(20)28-5-2)14-22(26)24-19-7-6-15(3)10-18(19)23/h6-7,10-12H,4-5,8-9,13-14H2,1-3H3,(H,24,26). The first-order valence-corrected chi connectivity index (χ1v) is 10.1. The Kier molecular flexibility index (Phi) is 6.81. The lowest BCUT2D eigenvalue weighted by atomic mass is 9.98. The Morgan fingerprint density at radius 1 is 1.11 bits per heavy atom. The maximum atomic E-state index is 12.5. The number of amides is 1. The maximum absolute atomic E-state index is 12.5. The Morgan fingerprint density at radius 3 is 2.43 bits per heavy atom. The number of ether oxygens (including phenoxy) is 2. The van der Waals surface area contributed by atoms with Gasteiger partial charge in [-0.25, -0.2) is 0 Å². The van der Waals surface area contributed by atoms with Crippen LogP contribution in [0.4, 0.5) is 5.69 Å². The molecule has 150 valence electrons. The summed E-state index contributed by atoms with van der Waals surface area (Å²) in [5.74, 6) is 1.49. The molecule has 5 nitrogen and oxygen atoms in total. The van der Waals surface area contributed by atoms with Crippen molar-refractivity contribution in [2.24, 2.45) is 0 Å². The Labute approximate surface area is 171 Å². The number of nitrogens with one attached hydrogen (secondary N) is 1. The summed E-state index contributed by atoms with van der Waals surface area (Å²) in [6, 6.07) is 9.74. The number of hydrogen-bond donors (Lipinski definition) is 1. The topological polar surface area (TPSA) is 50.8 Å². The van der Waals surface area contributed by atoms with Gasteiger partial charge in [0.15, 0.2) is 11.5 Å². The molecular weight excluding hydrogens is 376 g/mol. The lowest BCUT2D eigenvalue weighted by Crippen LogP contribution is -2.37. The summed E-state index contributed by atoms with van der Waals surface area (Å²) >= 11 is 6.22. The average Bonchev–Trinajstić information content (AvgIpc) is 2.65. The molecule has 2 aromatic rings. The summed E-state index contributed by atoms with van der Waals surface area (Å²) in [4.78, 5) is 14.6.